The second-order valence-electron chi connectivity index (χ2n) is 12.5. The molecule has 1 saturated heterocycles. The SMILES string of the molecule is C=C([N+]1(CC(C)(C)C)[B][N+](C(=CC)[N+](C)(C)CCC)(C(C)(C)C)N1)[N+]([B]C)(NC)C(C)C. The summed E-state index contributed by atoms with van der Waals surface area (Å²) in [6.07, 6.45) is 3.45. The van der Waals surface area contributed by atoms with E-state index in [4.69, 9.17) is 6.58 Å². The van der Waals surface area contributed by atoms with E-state index in [2.05, 4.69) is 122 Å². The van der Waals surface area contributed by atoms with Gasteiger partial charge in [-0.2, -0.15) is 5.43 Å². The Kier molecular flexibility index (Phi) is 8.78. The normalized spacial score (nSPS) is 26.9. The van der Waals surface area contributed by atoms with Crippen LogP contribution in [0.5, 0.6) is 0 Å². The maximum Gasteiger partial charge on any atom is 0.864 e. The van der Waals surface area contributed by atoms with E-state index in [-0.39, 0.29) is 11.0 Å². The second kappa shape index (κ2) is 9.55. The number of hydrogen-bond donors (Lipinski definition) is 2. The van der Waals surface area contributed by atoms with Crippen LogP contribution in [0.2, 0.25) is 6.82 Å². The summed E-state index contributed by atoms with van der Waals surface area (Å²) in [6, 6.07) is 0.313. The van der Waals surface area contributed by atoms with Crippen molar-refractivity contribution >= 4 is 15.0 Å². The Hall–Kier alpha value is -0.630. The van der Waals surface area contributed by atoms with Crippen molar-refractivity contribution in [2.75, 3.05) is 34.2 Å². The minimum Gasteiger partial charge on any atom is -0.250 e. The predicted octanol–water partition coefficient (Wildman–Crippen LogP) is 4.28. The van der Waals surface area contributed by atoms with Gasteiger partial charge in [-0.05, 0) is 60.3 Å². The van der Waals surface area contributed by atoms with E-state index in [1.165, 1.54) is 5.82 Å². The topological polar surface area (TPSA) is 24.1 Å². The van der Waals surface area contributed by atoms with E-state index in [9.17, 15) is 0 Å². The highest BCUT2D eigenvalue weighted by molar-refractivity contribution is 6.24. The van der Waals surface area contributed by atoms with Gasteiger partial charge in [0.25, 0.3) is 11.6 Å². The zero-order valence-electron chi connectivity index (χ0n) is 23.9. The second-order valence-corrected chi connectivity index (χ2v) is 12.5. The van der Waals surface area contributed by atoms with E-state index < -0.39 is 0 Å². The molecule has 2 N–H and O–H groups in total. The summed E-state index contributed by atoms with van der Waals surface area (Å²) >= 11 is 0. The molecule has 0 aromatic heterocycles. The molecule has 0 saturated carbocycles. The van der Waals surface area contributed by atoms with Gasteiger partial charge >= 0.3 is 15.0 Å². The third-order valence-electron chi connectivity index (χ3n) is 6.99. The molecule has 3 atom stereocenters. The molecule has 0 bridgehead atoms. The van der Waals surface area contributed by atoms with Crippen LogP contribution in [0, 0.1) is 5.41 Å². The van der Waals surface area contributed by atoms with Gasteiger partial charge < -0.3 is 0 Å². The Balaban J connectivity index is 3.70. The molecule has 32 heavy (non-hydrogen) atoms. The van der Waals surface area contributed by atoms with Crippen molar-refractivity contribution in [3.8, 4) is 0 Å². The van der Waals surface area contributed by atoms with Crippen LogP contribution in [-0.4, -0.2) is 78.8 Å². The molecule has 1 heterocycles. The number of nitrogens with one attached hydrogen (secondary N) is 2. The van der Waals surface area contributed by atoms with Crippen LogP contribution in [0.15, 0.2) is 24.3 Å². The van der Waals surface area contributed by atoms with Gasteiger partial charge in [0.1, 0.15) is 12.1 Å². The zero-order chi connectivity index (χ0) is 25.4. The molecule has 1 fully saturated rings. The van der Waals surface area contributed by atoms with Crippen molar-refractivity contribution in [1.29, 1.82) is 0 Å². The van der Waals surface area contributed by atoms with Crippen LogP contribution in [0.1, 0.15) is 75.7 Å². The minimum absolute atomic E-state index is 0.0614. The molecule has 182 valence electrons. The van der Waals surface area contributed by atoms with E-state index in [1.54, 1.807) is 0 Å². The smallest absolute Gasteiger partial charge is 0.250 e. The largest absolute Gasteiger partial charge is 0.864 e. The monoisotopic (exact) mass is 448 g/mol. The molecular formula is C24H54B2N6+4. The summed E-state index contributed by atoms with van der Waals surface area (Å²) in [7, 11) is 11.4. The van der Waals surface area contributed by atoms with Crippen LogP contribution in [0.4, 0.5) is 0 Å². The van der Waals surface area contributed by atoms with Crippen LogP contribution in [0.3, 0.4) is 0 Å². The fourth-order valence-electron chi connectivity index (χ4n) is 5.60. The van der Waals surface area contributed by atoms with Crippen molar-refractivity contribution in [3.63, 3.8) is 0 Å². The first-order chi connectivity index (χ1) is 14.3. The van der Waals surface area contributed by atoms with Crippen LogP contribution < -0.4 is 11.0 Å². The summed E-state index contributed by atoms with van der Waals surface area (Å²) in [5, 5.41) is 0. The lowest BCUT2D eigenvalue weighted by Crippen LogP contribution is -2.96. The van der Waals surface area contributed by atoms with Gasteiger partial charge in [-0.3, -0.25) is 0 Å². The molecule has 0 amide bonds. The van der Waals surface area contributed by atoms with Gasteiger partial charge in [0.05, 0.1) is 26.7 Å². The molecule has 0 aromatic rings. The lowest BCUT2D eigenvalue weighted by molar-refractivity contribution is -1.22. The molecule has 0 aliphatic carbocycles. The first kappa shape index (κ1) is 29.4. The average molecular weight is 448 g/mol. The van der Waals surface area contributed by atoms with Gasteiger partial charge in [0.15, 0.2) is 0 Å². The van der Waals surface area contributed by atoms with Gasteiger partial charge in [-0.15, -0.1) is 9.01 Å². The molecule has 0 spiro atoms. The highest BCUT2D eigenvalue weighted by Gasteiger charge is 2.79. The minimum atomic E-state index is -0.0614. The molecule has 1 rings (SSSR count). The number of nitrogens with zero attached hydrogens (tertiary/aromatic N) is 4. The van der Waals surface area contributed by atoms with Crippen molar-refractivity contribution in [2.45, 2.75) is 94.1 Å². The Morgan fingerprint density at radius 1 is 1.19 bits per heavy atom. The lowest BCUT2D eigenvalue weighted by atomic mass is 9.80. The maximum absolute atomic E-state index is 4.72. The third kappa shape index (κ3) is 5.06. The van der Waals surface area contributed by atoms with E-state index in [1.807, 2.05) is 7.05 Å². The Morgan fingerprint density at radius 2 is 1.69 bits per heavy atom. The Labute approximate surface area is 202 Å². The van der Waals surface area contributed by atoms with Gasteiger partial charge in [0.2, 0.25) is 0 Å². The van der Waals surface area contributed by atoms with Gasteiger partial charge in [0, 0.05) is 25.1 Å². The highest BCUT2D eigenvalue weighted by Crippen LogP contribution is 2.45. The fourth-order valence-corrected chi connectivity index (χ4v) is 5.60. The fraction of sp³-hybridized carbons (Fsp3) is 0.833. The molecule has 8 heteroatoms. The molecule has 0 aromatic carbocycles. The Bertz CT molecular complexity index is 690. The first-order valence-corrected chi connectivity index (χ1v) is 12.4. The van der Waals surface area contributed by atoms with E-state index >= 15 is 0 Å². The van der Waals surface area contributed by atoms with E-state index in [0.717, 1.165) is 29.8 Å². The number of hydrogen-bond acceptors (Lipinski definition) is 2. The van der Waals surface area contributed by atoms with Gasteiger partial charge in [-0.25, -0.2) is 8.99 Å². The third-order valence-corrected chi connectivity index (χ3v) is 6.99. The summed E-state index contributed by atoms with van der Waals surface area (Å²) in [4.78, 5) is 0. The summed E-state index contributed by atoms with van der Waals surface area (Å²) < 4.78 is 2.60. The number of allylic oxidation sites excluding steroid dienone is 1. The predicted molar refractivity (Wildman–Crippen MR) is 140 cm³/mol. The highest BCUT2D eigenvalue weighted by atomic mass is 16.0. The summed E-state index contributed by atoms with van der Waals surface area (Å²) in [5.41, 5.74) is 7.72. The first-order valence-electron chi connectivity index (χ1n) is 12.4. The number of quaternary nitrogens is 4. The zero-order valence-corrected chi connectivity index (χ0v) is 23.9. The molecule has 1 aliphatic rings. The molecule has 3 unspecified atom stereocenters. The average Bonchev–Trinajstić information content (AvgIpc) is 2.58. The molecule has 2 radical (unpaired) electrons. The van der Waals surface area contributed by atoms with Crippen molar-refractivity contribution in [3.05, 3.63) is 24.3 Å². The van der Waals surface area contributed by atoms with Crippen LogP contribution in [-0.2, 0) is 0 Å². The lowest BCUT2D eigenvalue weighted by Gasteiger charge is -2.61. The number of rotatable bonds is 10. The molecule has 6 nitrogen and oxygen atoms in total. The van der Waals surface area contributed by atoms with Crippen molar-refractivity contribution < 1.29 is 18.0 Å². The van der Waals surface area contributed by atoms with Crippen LogP contribution >= 0.6 is 0 Å². The van der Waals surface area contributed by atoms with E-state index in [0.29, 0.717) is 19.6 Å². The molecular weight excluding hydrogens is 394 g/mol. The van der Waals surface area contributed by atoms with Gasteiger partial charge in [-0.1, -0.05) is 27.7 Å². The summed E-state index contributed by atoms with van der Waals surface area (Å²) in [6.45, 7) is 31.7. The Morgan fingerprint density at radius 3 is 1.97 bits per heavy atom. The van der Waals surface area contributed by atoms with Crippen LogP contribution in [0.25, 0.3) is 0 Å². The van der Waals surface area contributed by atoms with Crippen molar-refractivity contribution in [1.82, 2.24) is 11.0 Å². The summed E-state index contributed by atoms with van der Waals surface area (Å²) in [5.74, 6) is 2.46. The molecule has 1 aliphatic heterocycles. The standard InChI is InChI=1S/C24H54B2N6/c1-16-18-29(14,15)22(17-2)32(24(9,10)11)26-30(28-32,19-23(6,7)8)21(5)31(25-12,27-13)20(3)4/h17,20,27-28H,5,16,18-19H2,1-4,6-15H3/q+4. The maximum atomic E-state index is 4.72. The quantitative estimate of drug-likeness (QED) is 0.296. The van der Waals surface area contributed by atoms with Crippen molar-refractivity contribution in [2.24, 2.45) is 5.41 Å².